The number of carbonyl (C=O) groups excluding carboxylic acids is 1. The Bertz CT molecular complexity index is 887. The summed E-state index contributed by atoms with van der Waals surface area (Å²) < 4.78 is 13.4. The van der Waals surface area contributed by atoms with E-state index in [0.717, 1.165) is 0 Å². The maximum absolute atomic E-state index is 13.4. The van der Waals surface area contributed by atoms with Crippen LogP contribution in [0.25, 0.3) is 5.57 Å². The highest BCUT2D eigenvalue weighted by atomic mass is 19.1. The number of anilines is 2. The van der Waals surface area contributed by atoms with E-state index in [1.807, 2.05) is 12.1 Å². The zero-order valence-electron chi connectivity index (χ0n) is 11.2. The monoisotopic (exact) mass is 295 g/mol. The second-order valence-electron chi connectivity index (χ2n) is 5.01. The molecule has 3 N–H and O–H groups in total. The van der Waals surface area contributed by atoms with Crippen molar-refractivity contribution in [2.75, 3.05) is 10.6 Å². The second kappa shape index (κ2) is 4.42. The Morgan fingerprint density at radius 2 is 1.77 bits per heavy atom. The molecule has 0 atom stereocenters. The third kappa shape index (κ3) is 1.64. The molecule has 2 aromatic rings. The summed E-state index contributed by atoms with van der Waals surface area (Å²) in [6.45, 7) is 0. The number of benzene rings is 2. The summed E-state index contributed by atoms with van der Waals surface area (Å²) in [5.74, 6) is -0.734. The molecule has 22 heavy (non-hydrogen) atoms. The highest BCUT2D eigenvalue weighted by Gasteiger charge is 2.34. The molecular weight excluding hydrogens is 285 g/mol. The molecule has 5 nitrogen and oxygen atoms in total. The Morgan fingerprint density at radius 1 is 1.00 bits per heavy atom. The fourth-order valence-corrected chi connectivity index (χ4v) is 2.80. The quantitative estimate of drug-likeness (QED) is 0.397. The van der Waals surface area contributed by atoms with Crippen LogP contribution in [0.4, 0.5) is 15.8 Å². The molecular formula is C16H10FN3O2. The largest absolute Gasteiger partial charge is 0.410 e. The molecule has 0 saturated carbocycles. The van der Waals surface area contributed by atoms with Crippen LogP contribution in [0.1, 0.15) is 11.1 Å². The molecule has 108 valence electrons. The lowest BCUT2D eigenvalue weighted by atomic mass is 10.0. The van der Waals surface area contributed by atoms with Crippen molar-refractivity contribution in [1.82, 2.24) is 0 Å². The first-order valence-electron chi connectivity index (χ1n) is 6.63. The average Bonchev–Trinajstić information content (AvgIpc) is 3.02. The molecule has 2 heterocycles. The first-order valence-corrected chi connectivity index (χ1v) is 6.63. The number of hydrogen-bond acceptors (Lipinski definition) is 4. The lowest BCUT2D eigenvalue weighted by molar-refractivity contribution is -0.110. The van der Waals surface area contributed by atoms with E-state index < -0.39 is 5.82 Å². The van der Waals surface area contributed by atoms with Crippen molar-refractivity contribution in [2.24, 2.45) is 5.16 Å². The van der Waals surface area contributed by atoms with Crippen molar-refractivity contribution in [3.63, 3.8) is 0 Å². The van der Waals surface area contributed by atoms with E-state index in [2.05, 4.69) is 15.8 Å². The van der Waals surface area contributed by atoms with E-state index in [1.54, 1.807) is 18.2 Å². The number of nitrogens with zero attached hydrogens (tertiary/aromatic N) is 1. The van der Waals surface area contributed by atoms with Gasteiger partial charge in [0.15, 0.2) is 0 Å². The van der Waals surface area contributed by atoms with Crippen LogP contribution < -0.4 is 10.6 Å². The molecule has 2 aliphatic heterocycles. The number of amides is 1. The fraction of sp³-hybridized carbons (Fsp3) is 0. The van der Waals surface area contributed by atoms with Crippen LogP contribution >= 0.6 is 0 Å². The van der Waals surface area contributed by atoms with Gasteiger partial charge in [0.25, 0.3) is 5.91 Å². The van der Waals surface area contributed by atoms with E-state index in [0.29, 0.717) is 33.8 Å². The predicted molar refractivity (Wildman–Crippen MR) is 80.3 cm³/mol. The van der Waals surface area contributed by atoms with Crippen molar-refractivity contribution in [3.8, 4) is 0 Å². The van der Waals surface area contributed by atoms with Crippen LogP contribution in [0.2, 0.25) is 0 Å². The number of fused-ring (bicyclic) bond motifs is 2. The van der Waals surface area contributed by atoms with Gasteiger partial charge >= 0.3 is 0 Å². The van der Waals surface area contributed by atoms with E-state index in [9.17, 15) is 14.4 Å². The Hall–Kier alpha value is -3.15. The summed E-state index contributed by atoms with van der Waals surface area (Å²) >= 11 is 0. The maximum Gasteiger partial charge on any atom is 0.258 e. The number of allylic oxidation sites excluding steroid dienone is 1. The van der Waals surface area contributed by atoms with Gasteiger partial charge in [-0.3, -0.25) is 4.79 Å². The van der Waals surface area contributed by atoms with Gasteiger partial charge in [-0.25, -0.2) is 4.39 Å². The van der Waals surface area contributed by atoms with Gasteiger partial charge in [0.05, 0.1) is 11.3 Å². The summed E-state index contributed by atoms with van der Waals surface area (Å²) in [5.41, 5.74) is 3.30. The molecule has 1 amide bonds. The summed E-state index contributed by atoms with van der Waals surface area (Å²) in [5, 5.41) is 18.4. The SMILES string of the molecule is O=C1Nc2ccccc2C1=C1Nc2ccc(F)cc2C1=NO. The van der Waals surface area contributed by atoms with Gasteiger partial charge < -0.3 is 15.8 Å². The minimum absolute atomic E-state index is 0.149. The fourth-order valence-electron chi connectivity index (χ4n) is 2.80. The highest BCUT2D eigenvalue weighted by molar-refractivity contribution is 6.39. The Kier molecular flexibility index (Phi) is 2.53. The normalized spacial score (nSPS) is 20.6. The third-order valence-electron chi connectivity index (χ3n) is 3.75. The second-order valence-corrected chi connectivity index (χ2v) is 5.01. The van der Waals surface area contributed by atoms with Gasteiger partial charge in [-0.1, -0.05) is 23.4 Å². The Morgan fingerprint density at radius 3 is 2.59 bits per heavy atom. The molecule has 0 bridgehead atoms. The molecule has 0 saturated heterocycles. The summed E-state index contributed by atoms with van der Waals surface area (Å²) in [4.78, 5) is 12.3. The third-order valence-corrected chi connectivity index (χ3v) is 3.75. The molecule has 0 spiro atoms. The number of oxime groups is 1. The minimum Gasteiger partial charge on any atom is -0.410 e. The van der Waals surface area contributed by atoms with Crippen LogP contribution in [-0.4, -0.2) is 16.8 Å². The van der Waals surface area contributed by atoms with Crippen LogP contribution in [0.5, 0.6) is 0 Å². The number of hydrogen-bond donors (Lipinski definition) is 3. The molecule has 2 aromatic carbocycles. The standard InChI is InChI=1S/C16H10FN3O2/c17-8-5-6-12-10(7-8)14(20-22)15(18-12)13-9-3-1-2-4-11(9)19-16(13)21/h1-7,18,22H,(H,19,21). The molecule has 0 unspecified atom stereocenters. The molecule has 0 aromatic heterocycles. The first-order chi connectivity index (χ1) is 10.7. The molecule has 0 radical (unpaired) electrons. The van der Waals surface area contributed by atoms with Crippen LogP contribution in [0, 0.1) is 5.82 Å². The van der Waals surface area contributed by atoms with E-state index in [-0.39, 0.29) is 11.6 Å². The highest BCUT2D eigenvalue weighted by Crippen LogP contribution is 2.38. The van der Waals surface area contributed by atoms with Crippen molar-refractivity contribution in [1.29, 1.82) is 0 Å². The van der Waals surface area contributed by atoms with Gasteiger partial charge in [-0.05, 0) is 24.3 Å². The summed E-state index contributed by atoms with van der Waals surface area (Å²) in [7, 11) is 0. The van der Waals surface area contributed by atoms with Crippen LogP contribution in [0.3, 0.4) is 0 Å². The average molecular weight is 295 g/mol. The number of nitrogens with one attached hydrogen (secondary N) is 2. The Balaban J connectivity index is 1.96. The minimum atomic E-state index is -0.441. The molecule has 0 fully saturated rings. The van der Waals surface area contributed by atoms with Crippen LogP contribution in [-0.2, 0) is 4.79 Å². The topological polar surface area (TPSA) is 73.7 Å². The van der Waals surface area contributed by atoms with Crippen LogP contribution in [0.15, 0.2) is 53.3 Å². The lowest BCUT2D eigenvalue weighted by Crippen LogP contribution is -2.12. The molecule has 2 aliphatic rings. The predicted octanol–water partition coefficient (Wildman–Crippen LogP) is 2.79. The zero-order chi connectivity index (χ0) is 15.3. The van der Waals surface area contributed by atoms with Crippen molar-refractivity contribution in [2.45, 2.75) is 0 Å². The molecule has 0 aliphatic carbocycles. The first kappa shape index (κ1) is 12.6. The van der Waals surface area contributed by atoms with Crippen molar-refractivity contribution in [3.05, 3.63) is 65.1 Å². The number of halogens is 1. The van der Waals surface area contributed by atoms with Gasteiger partial charge in [0.1, 0.15) is 11.5 Å². The zero-order valence-corrected chi connectivity index (χ0v) is 11.2. The molecule has 6 heteroatoms. The van der Waals surface area contributed by atoms with E-state index in [4.69, 9.17) is 0 Å². The van der Waals surface area contributed by atoms with Gasteiger partial charge in [-0.2, -0.15) is 0 Å². The maximum atomic E-state index is 13.4. The number of para-hydroxylation sites is 1. The number of carbonyl (C=O) groups is 1. The lowest BCUT2D eigenvalue weighted by Gasteiger charge is -2.04. The van der Waals surface area contributed by atoms with E-state index >= 15 is 0 Å². The Labute approximate surface area is 124 Å². The van der Waals surface area contributed by atoms with Crippen molar-refractivity contribution >= 4 is 28.6 Å². The smallest absolute Gasteiger partial charge is 0.258 e. The summed E-state index contributed by atoms with van der Waals surface area (Å²) in [6, 6.07) is 11.3. The van der Waals surface area contributed by atoms with Crippen molar-refractivity contribution < 1.29 is 14.4 Å². The van der Waals surface area contributed by atoms with Gasteiger partial charge in [-0.15, -0.1) is 0 Å². The summed E-state index contributed by atoms with van der Waals surface area (Å²) in [6.07, 6.45) is 0. The van der Waals surface area contributed by atoms with Gasteiger partial charge in [0.2, 0.25) is 0 Å². The number of rotatable bonds is 0. The van der Waals surface area contributed by atoms with Gasteiger partial charge in [0, 0.05) is 22.5 Å². The molecule has 4 rings (SSSR count). The van der Waals surface area contributed by atoms with E-state index in [1.165, 1.54) is 12.1 Å².